The predicted molar refractivity (Wildman–Crippen MR) is 49.7 cm³/mol. The topological polar surface area (TPSA) is 38.8 Å². The fourth-order valence-corrected chi connectivity index (χ4v) is 0.856. The second kappa shape index (κ2) is 4.70. The van der Waals surface area contributed by atoms with E-state index in [1.165, 1.54) is 6.20 Å². The van der Waals surface area contributed by atoms with Crippen LogP contribution in [0.4, 0.5) is 0 Å². The Balaban J connectivity index is 0.000000561. The second-order valence-corrected chi connectivity index (χ2v) is 2.47. The Bertz CT molecular complexity index is 302. The highest BCUT2D eigenvalue weighted by atomic mass is 16.3. The Morgan fingerprint density at radius 2 is 1.75 bits per heavy atom. The van der Waals surface area contributed by atoms with Crippen molar-refractivity contribution >= 4 is 0 Å². The Kier molecular flexibility index (Phi) is 4.26. The minimum Gasteiger partial charge on any atom is -0.353 e. The Labute approximate surface area is 73.1 Å². The van der Waals surface area contributed by atoms with Crippen molar-refractivity contribution in [1.82, 2.24) is 4.98 Å². The van der Waals surface area contributed by atoms with Gasteiger partial charge in [-0.25, -0.2) is 0 Å². The number of aromatic nitrogens is 2. The van der Waals surface area contributed by atoms with Gasteiger partial charge in [-0.05, 0) is 13.8 Å². The smallest absolute Gasteiger partial charge is 0.255 e. The van der Waals surface area contributed by atoms with E-state index in [1.807, 2.05) is 27.7 Å². The molecule has 68 valence electrons. The first-order valence-electron chi connectivity index (χ1n) is 4.20. The maximum absolute atomic E-state index is 11.0. The van der Waals surface area contributed by atoms with Crippen LogP contribution in [-0.2, 0) is 0 Å². The fraction of sp³-hybridized carbons (Fsp3) is 0.556. The monoisotopic (exact) mass is 169 g/mol. The zero-order valence-electron chi connectivity index (χ0n) is 8.43. The third kappa shape index (κ3) is 2.49. The lowest BCUT2D eigenvalue weighted by Crippen LogP contribution is -2.20. The van der Waals surface area contributed by atoms with Crippen LogP contribution in [0.3, 0.4) is 0 Å². The molecule has 3 heteroatoms. The van der Waals surface area contributed by atoms with Gasteiger partial charge < -0.3 is 4.98 Å². The summed E-state index contributed by atoms with van der Waals surface area (Å²) in [6.45, 7) is 9.54. The number of nitrogens with one attached hydrogen (secondary N) is 1. The van der Waals surface area contributed by atoms with Gasteiger partial charge in [0.25, 0.3) is 5.69 Å². The average Bonchev–Trinajstić information content (AvgIpc) is 2.04. The normalized spacial score (nSPS) is 8.75. The zero-order valence-corrected chi connectivity index (χ0v) is 8.43. The minimum absolute atomic E-state index is 0.727. The fourth-order valence-electron chi connectivity index (χ4n) is 0.856. The summed E-state index contributed by atoms with van der Waals surface area (Å²) < 4.78 is 0.876. The molecule has 1 rings (SSSR count). The molecule has 1 aromatic heterocycles. The van der Waals surface area contributed by atoms with Crippen LogP contribution in [0.1, 0.15) is 30.9 Å². The van der Waals surface area contributed by atoms with Crippen LogP contribution in [0, 0.1) is 25.7 Å². The molecular weight excluding hydrogens is 152 g/mol. The number of aromatic amines is 1. The van der Waals surface area contributed by atoms with E-state index in [4.69, 9.17) is 0 Å². The maximum Gasteiger partial charge on any atom is 0.255 e. The molecule has 0 aliphatic carbocycles. The summed E-state index contributed by atoms with van der Waals surface area (Å²) in [5.74, 6) is 0. The van der Waals surface area contributed by atoms with Crippen molar-refractivity contribution in [3.05, 3.63) is 28.2 Å². The van der Waals surface area contributed by atoms with Crippen molar-refractivity contribution < 1.29 is 4.43 Å². The highest BCUT2D eigenvalue weighted by molar-refractivity contribution is 5.03. The molecule has 0 atom stereocenters. The molecule has 0 unspecified atom stereocenters. The van der Waals surface area contributed by atoms with Crippen LogP contribution in [0.5, 0.6) is 0 Å². The van der Waals surface area contributed by atoms with Crippen LogP contribution in [0.15, 0.2) is 6.20 Å². The standard InChI is InChI=1S/C7H11N2O.C2H6/c1-5-4-9(10)7(3)6(2)8-5;1-2/h4H,1-3H3,(H,8,10);1-2H3/q+1;. The molecule has 0 fully saturated rings. The predicted octanol–water partition coefficient (Wildman–Crippen LogP) is 1.88. The molecule has 0 saturated heterocycles. The molecule has 1 aromatic rings. The van der Waals surface area contributed by atoms with Crippen molar-refractivity contribution in [3.63, 3.8) is 0 Å². The van der Waals surface area contributed by atoms with E-state index in [1.54, 1.807) is 6.92 Å². The molecule has 1 N–H and O–H groups in total. The van der Waals surface area contributed by atoms with Gasteiger partial charge in [-0.3, -0.25) is 0 Å². The highest BCUT2D eigenvalue weighted by Gasteiger charge is 2.05. The zero-order chi connectivity index (χ0) is 9.72. The number of hydrogen-bond acceptors (Lipinski definition) is 1. The second-order valence-electron chi connectivity index (χ2n) is 2.47. The van der Waals surface area contributed by atoms with E-state index in [-0.39, 0.29) is 0 Å². The van der Waals surface area contributed by atoms with E-state index in [0.717, 1.165) is 21.5 Å². The molecule has 3 nitrogen and oxygen atoms in total. The van der Waals surface area contributed by atoms with Gasteiger partial charge in [0.1, 0.15) is 0 Å². The number of aryl methyl sites for hydroxylation is 2. The summed E-state index contributed by atoms with van der Waals surface area (Å²) in [5.41, 5.74) is 2.54. The number of rotatable bonds is 0. The van der Waals surface area contributed by atoms with E-state index in [0.29, 0.717) is 0 Å². The largest absolute Gasteiger partial charge is 0.353 e. The summed E-state index contributed by atoms with van der Waals surface area (Å²) in [7, 11) is 0. The van der Waals surface area contributed by atoms with Crippen molar-refractivity contribution in [2.24, 2.45) is 0 Å². The first-order chi connectivity index (χ1) is 5.61. The molecule has 0 radical (unpaired) electrons. The summed E-state index contributed by atoms with van der Waals surface area (Å²) >= 11 is 0. The molecule has 0 spiro atoms. The van der Waals surface area contributed by atoms with Gasteiger partial charge in [-0.2, -0.15) is 0 Å². The van der Waals surface area contributed by atoms with Gasteiger partial charge >= 0.3 is 0 Å². The Morgan fingerprint density at radius 3 is 2.17 bits per heavy atom. The van der Waals surface area contributed by atoms with Crippen molar-refractivity contribution in [1.29, 1.82) is 0 Å². The van der Waals surface area contributed by atoms with E-state index in [9.17, 15) is 4.91 Å². The summed E-state index contributed by atoms with van der Waals surface area (Å²) in [5, 5.41) is 0. The van der Waals surface area contributed by atoms with Crippen LogP contribution < -0.4 is 4.43 Å². The van der Waals surface area contributed by atoms with Crippen LogP contribution >= 0.6 is 0 Å². The van der Waals surface area contributed by atoms with Crippen molar-refractivity contribution in [2.45, 2.75) is 34.6 Å². The van der Waals surface area contributed by atoms with E-state index >= 15 is 0 Å². The first kappa shape index (κ1) is 10.9. The molecule has 1 heterocycles. The lowest BCUT2D eigenvalue weighted by Gasteiger charge is -1.91. The highest BCUT2D eigenvalue weighted by Crippen LogP contribution is 1.95. The summed E-state index contributed by atoms with van der Waals surface area (Å²) in [6, 6.07) is 0. The van der Waals surface area contributed by atoms with Crippen LogP contribution in [-0.4, -0.2) is 4.98 Å². The third-order valence-corrected chi connectivity index (χ3v) is 1.57. The molecule has 0 aromatic carbocycles. The SMILES string of the molecule is CC.Cc1c[n+](=O)c(C)c(C)[nH]1. The van der Waals surface area contributed by atoms with Gasteiger partial charge in [0.15, 0.2) is 0 Å². The van der Waals surface area contributed by atoms with Gasteiger partial charge in [-0.15, -0.1) is 0 Å². The van der Waals surface area contributed by atoms with E-state index in [2.05, 4.69) is 4.98 Å². The van der Waals surface area contributed by atoms with E-state index < -0.39 is 0 Å². The van der Waals surface area contributed by atoms with Gasteiger partial charge in [-0.1, -0.05) is 13.8 Å². The molecule has 12 heavy (non-hydrogen) atoms. The molecule has 0 bridgehead atoms. The van der Waals surface area contributed by atoms with Crippen LogP contribution in [0.25, 0.3) is 0 Å². The molecule has 0 amide bonds. The minimum atomic E-state index is 0.727. The molecular formula is C9H17N2O+. The maximum atomic E-state index is 11.0. The lowest BCUT2D eigenvalue weighted by atomic mass is 10.3. The summed E-state index contributed by atoms with van der Waals surface area (Å²) in [4.78, 5) is 14.0. The Hall–Kier alpha value is -1.12. The Morgan fingerprint density at radius 1 is 1.25 bits per heavy atom. The molecule has 0 aliphatic rings. The van der Waals surface area contributed by atoms with Gasteiger partial charge in [0, 0.05) is 11.8 Å². The number of nitrogens with zero attached hydrogens (tertiary/aromatic N) is 1. The first-order valence-corrected chi connectivity index (χ1v) is 4.20. The van der Waals surface area contributed by atoms with Crippen molar-refractivity contribution in [2.75, 3.05) is 0 Å². The number of hydrogen-bond donors (Lipinski definition) is 1. The van der Waals surface area contributed by atoms with Gasteiger partial charge in [0.05, 0.1) is 15.8 Å². The van der Waals surface area contributed by atoms with Crippen molar-refractivity contribution in [3.8, 4) is 0 Å². The molecule has 0 aliphatic heterocycles. The quantitative estimate of drug-likeness (QED) is 0.592. The third-order valence-electron chi connectivity index (χ3n) is 1.57. The van der Waals surface area contributed by atoms with Crippen LogP contribution in [0.2, 0.25) is 0 Å². The average molecular weight is 169 g/mol. The molecule has 0 saturated carbocycles. The van der Waals surface area contributed by atoms with Gasteiger partial charge in [0.2, 0.25) is 6.20 Å². The number of H-pyrrole nitrogens is 1. The summed E-state index contributed by atoms with van der Waals surface area (Å²) in [6.07, 6.45) is 1.53. The lowest BCUT2D eigenvalue weighted by molar-refractivity contribution is -0.504.